The summed E-state index contributed by atoms with van der Waals surface area (Å²) in [4.78, 5) is 4.79. The van der Waals surface area contributed by atoms with E-state index in [4.69, 9.17) is 10.8 Å². The molecule has 27 heavy (non-hydrogen) atoms. The van der Waals surface area contributed by atoms with Gasteiger partial charge in [0.05, 0.1) is 12.2 Å². The normalized spacial score (nSPS) is 38.5. The van der Waals surface area contributed by atoms with Crippen molar-refractivity contribution in [3.63, 3.8) is 0 Å². The molecule has 1 aliphatic heterocycles. The van der Waals surface area contributed by atoms with Crippen molar-refractivity contribution in [2.24, 2.45) is 17.8 Å². The van der Waals surface area contributed by atoms with Crippen LogP contribution in [-0.2, 0) is 0 Å². The Kier molecular flexibility index (Phi) is 4.37. The van der Waals surface area contributed by atoms with Crippen molar-refractivity contribution in [1.29, 1.82) is 0 Å². The summed E-state index contributed by atoms with van der Waals surface area (Å²) in [6, 6.07) is 6.63. The minimum absolute atomic E-state index is 0.240. The van der Waals surface area contributed by atoms with E-state index in [1.807, 2.05) is 0 Å². The van der Waals surface area contributed by atoms with Gasteiger partial charge in [-0.15, -0.1) is 0 Å². The standard InChI is InChI=1S/C22H33N3O2/c23-20-2-1-18(25-5-3-24(4-6-25)7-8-26)11-19(20)21-16-9-15-10-17(21)14-22(27,12-15)13-16/h1-2,11,15-17,21,26-27H,3-10,12-14,23H2. The largest absolute Gasteiger partial charge is 0.398 e. The molecule has 4 N–H and O–H groups in total. The van der Waals surface area contributed by atoms with Crippen LogP contribution in [0.15, 0.2) is 18.2 Å². The Morgan fingerprint density at radius 2 is 1.74 bits per heavy atom. The third kappa shape index (κ3) is 3.14. The van der Waals surface area contributed by atoms with E-state index >= 15 is 0 Å². The summed E-state index contributed by atoms with van der Waals surface area (Å²) >= 11 is 0. The molecule has 1 saturated heterocycles. The second kappa shape index (κ2) is 6.64. The molecule has 5 fully saturated rings. The first-order chi connectivity index (χ1) is 13.0. The Morgan fingerprint density at radius 3 is 2.37 bits per heavy atom. The molecule has 5 aliphatic rings. The van der Waals surface area contributed by atoms with E-state index in [2.05, 4.69) is 28.0 Å². The molecule has 2 unspecified atom stereocenters. The summed E-state index contributed by atoms with van der Waals surface area (Å²) in [5.74, 6) is 2.45. The average Bonchev–Trinajstić information content (AvgIpc) is 2.62. The number of nitrogens with zero attached hydrogens (tertiary/aromatic N) is 2. The molecule has 2 atom stereocenters. The monoisotopic (exact) mass is 371 g/mol. The maximum Gasteiger partial charge on any atom is 0.0656 e. The van der Waals surface area contributed by atoms with Gasteiger partial charge in [0.1, 0.15) is 0 Å². The van der Waals surface area contributed by atoms with Gasteiger partial charge in [0.15, 0.2) is 0 Å². The van der Waals surface area contributed by atoms with Crippen molar-refractivity contribution < 1.29 is 10.2 Å². The number of aliphatic hydroxyl groups is 2. The first kappa shape index (κ1) is 17.8. The summed E-state index contributed by atoms with van der Waals surface area (Å²) < 4.78 is 0. The summed E-state index contributed by atoms with van der Waals surface area (Å²) in [6.07, 6.45) is 5.50. The highest BCUT2D eigenvalue weighted by Crippen LogP contribution is 2.62. The van der Waals surface area contributed by atoms with E-state index in [0.29, 0.717) is 17.8 Å². The minimum Gasteiger partial charge on any atom is -0.398 e. The summed E-state index contributed by atoms with van der Waals surface area (Å²) in [5, 5.41) is 20.0. The van der Waals surface area contributed by atoms with Crippen LogP contribution in [-0.4, -0.2) is 60.0 Å². The summed E-state index contributed by atoms with van der Waals surface area (Å²) in [6.45, 7) is 5.03. The zero-order valence-corrected chi connectivity index (χ0v) is 16.2. The molecule has 5 nitrogen and oxygen atoms in total. The van der Waals surface area contributed by atoms with Gasteiger partial charge in [0, 0.05) is 44.1 Å². The van der Waals surface area contributed by atoms with Crippen molar-refractivity contribution in [2.75, 3.05) is 50.0 Å². The van der Waals surface area contributed by atoms with E-state index in [0.717, 1.165) is 63.6 Å². The number of hydrogen-bond acceptors (Lipinski definition) is 5. The van der Waals surface area contributed by atoms with Crippen LogP contribution < -0.4 is 10.6 Å². The SMILES string of the molecule is Nc1ccc(N2CCN(CCO)CC2)cc1C1C2CC3CC1CC(O)(C3)C2. The van der Waals surface area contributed by atoms with Crippen molar-refractivity contribution in [3.8, 4) is 0 Å². The number of benzene rings is 1. The highest BCUT2D eigenvalue weighted by molar-refractivity contribution is 5.60. The van der Waals surface area contributed by atoms with Gasteiger partial charge in [0.25, 0.3) is 0 Å². The molecule has 5 heteroatoms. The Balaban J connectivity index is 1.37. The predicted octanol–water partition coefficient (Wildman–Crippen LogP) is 2.04. The molecule has 4 aliphatic carbocycles. The molecule has 4 saturated carbocycles. The van der Waals surface area contributed by atoms with E-state index in [1.165, 1.54) is 24.1 Å². The van der Waals surface area contributed by atoms with E-state index in [-0.39, 0.29) is 12.2 Å². The third-order valence-electron chi connectivity index (χ3n) is 7.82. The van der Waals surface area contributed by atoms with Crippen molar-refractivity contribution in [2.45, 2.75) is 43.6 Å². The van der Waals surface area contributed by atoms with E-state index in [9.17, 15) is 5.11 Å². The fraction of sp³-hybridized carbons (Fsp3) is 0.727. The van der Waals surface area contributed by atoms with Gasteiger partial charge >= 0.3 is 0 Å². The maximum atomic E-state index is 10.9. The van der Waals surface area contributed by atoms with Crippen LogP contribution in [0.4, 0.5) is 11.4 Å². The van der Waals surface area contributed by atoms with Crippen LogP contribution in [0.25, 0.3) is 0 Å². The molecule has 6 rings (SSSR count). The molecular weight excluding hydrogens is 338 g/mol. The lowest BCUT2D eigenvalue weighted by Gasteiger charge is -2.58. The molecular formula is C22H33N3O2. The second-order valence-corrected chi connectivity index (χ2v) is 9.59. The highest BCUT2D eigenvalue weighted by atomic mass is 16.3. The number of aliphatic hydroxyl groups excluding tert-OH is 1. The van der Waals surface area contributed by atoms with Gasteiger partial charge < -0.3 is 20.8 Å². The number of β-amino-alcohol motifs (C(OH)–C–C–N with tert-alkyl or cyclic N) is 1. The fourth-order valence-electron chi connectivity index (χ4n) is 6.91. The van der Waals surface area contributed by atoms with Crippen LogP contribution in [0.2, 0.25) is 0 Å². The molecule has 148 valence electrons. The van der Waals surface area contributed by atoms with Gasteiger partial charge in [0.2, 0.25) is 0 Å². The van der Waals surface area contributed by atoms with Gasteiger partial charge in [-0.05, 0) is 79.5 Å². The Bertz CT molecular complexity index is 685. The number of rotatable bonds is 4. The molecule has 4 bridgehead atoms. The molecule has 0 aromatic heterocycles. The van der Waals surface area contributed by atoms with E-state index in [1.54, 1.807) is 0 Å². The number of nitrogen functional groups attached to an aromatic ring is 1. The number of nitrogens with two attached hydrogens (primary N) is 1. The number of hydrogen-bond donors (Lipinski definition) is 3. The third-order valence-corrected chi connectivity index (χ3v) is 7.82. The van der Waals surface area contributed by atoms with Crippen molar-refractivity contribution in [3.05, 3.63) is 23.8 Å². The zero-order valence-electron chi connectivity index (χ0n) is 16.2. The summed E-state index contributed by atoms with van der Waals surface area (Å²) in [5.41, 5.74) is 9.65. The lowest BCUT2D eigenvalue weighted by Crippen LogP contribution is -2.53. The van der Waals surface area contributed by atoms with Crippen LogP contribution in [0.3, 0.4) is 0 Å². The van der Waals surface area contributed by atoms with E-state index < -0.39 is 0 Å². The molecule has 0 spiro atoms. The van der Waals surface area contributed by atoms with Crippen LogP contribution in [0, 0.1) is 17.8 Å². The summed E-state index contributed by atoms with van der Waals surface area (Å²) in [7, 11) is 0. The van der Waals surface area contributed by atoms with Gasteiger partial charge in [-0.3, -0.25) is 4.90 Å². The molecule has 0 amide bonds. The Labute approximate surface area is 162 Å². The topological polar surface area (TPSA) is 73.0 Å². The smallest absolute Gasteiger partial charge is 0.0656 e. The zero-order chi connectivity index (χ0) is 18.6. The van der Waals surface area contributed by atoms with Gasteiger partial charge in [-0.25, -0.2) is 0 Å². The van der Waals surface area contributed by atoms with Crippen LogP contribution >= 0.6 is 0 Å². The molecule has 1 aromatic carbocycles. The lowest BCUT2D eigenvalue weighted by atomic mass is 9.49. The van der Waals surface area contributed by atoms with Gasteiger partial charge in [-0.1, -0.05) is 0 Å². The predicted molar refractivity (Wildman–Crippen MR) is 108 cm³/mol. The van der Waals surface area contributed by atoms with Crippen LogP contribution in [0.5, 0.6) is 0 Å². The second-order valence-electron chi connectivity index (χ2n) is 9.59. The highest BCUT2D eigenvalue weighted by Gasteiger charge is 2.55. The minimum atomic E-state index is -0.387. The Hall–Kier alpha value is -1.30. The quantitative estimate of drug-likeness (QED) is 0.707. The first-order valence-electron chi connectivity index (χ1n) is 10.7. The Morgan fingerprint density at radius 1 is 1.04 bits per heavy atom. The first-order valence-corrected chi connectivity index (χ1v) is 10.7. The van der Waals surface area contributed by atoms with Crippen molar-refractivity contribution >= 4 is 11.4 Å². The fourth-order valence-corrected chi connectivity index (χ4v) is 6.91. The van der Waals surface area contributed by atoms with Crippen molar-refractivity contribution in [1.82, 2.24) is 4.90 Å². The average molecular weight is 372 g/mol. The molecule has 1 aromatic rings. The van der Waals surface area contributed by atoms with Crippen LogP contribution in [0.1, 0.15) is 43.6 Å². The molecule has 1 heterocycles. The number of piperazine rings is 1. The van der Waals surface area contributed by atoms with Gasteiger partial charge in [-0.2, -0.15) is 0 Å². The lowest BCUT2D eigenvalue weighted by molar-refractivity contribution is -0.134. The maximum absolute atomic E-state index is 10.9. The molecule has 0 radical (unpaired) electrons. The number of anilines is 2.